The molecule has 2 heteroatoms. The van der Waals surface area contributed by atoms with Crippen LogP contribution in [0.15, 0.2) is 12.1 Å². The topological polar surface area (TPSA) is 12.0 Å². The first-order chi connectivity index (χ1) is 7.65. The first-order valence-corrected chi connectivity index (χ1v) is 6.16. The zero-order chi connectivity index (χ0) is 11.7. The number of hydrogen-bond acceptors (Lipinski definition) is 1. The lowest BCUT2D eigenvalue weighted by Gasteiger charge is -2.19. The number of nitrogens with one attached hydrogen (secondary N) is 1. The fourth-order valence-corrected chi connectivity index (χ4v) is 2.72. The molecule has 0 spiro atoms. The number of benzene rings is 1. The molecule has 2 unspecified atom stereocenters. The summed E-state index contributed by atoms with van der Waals surface area (Å²) in [5, 5.41) is 3.54. The average Bonchev–Trinajstić information content (AvgIpc) is 2.59. The van der Waals surface area contributed by atoms with Gasteiger partial charge in [-0.05, 0) is 55.0 Å². The molecule has 2 rings (SSSR count). The van der Waals surface area contributed by atoms with Gasteiger partial charge in [0.15, 0.2) is 0 Å². The van der Waals surface area contributed by atoms with E-state index in [1.807, 2.05) is 6.07 Å². The second kappa shape index (κ2) is 4.54. The molecule has 1 aromatic carbocycles. The normalized spacial score (nSPS) is 23.5. The molecule has 0 saturated heterocycles. The van der Waals surface area contributed by atoms with Crippen molar-refractivity contribution < 1.29 is 4.39 Å². The van der Waals surface area contributed by atoms with E-state index in [0.717, 1.165) is 24.9 Å². The molecule has 0 fully saturated rings. The van der Waals surface area contributed by atoms with Crippen molar-refractivity contribution >= 4 is 0 Å². The van der Waals surface area contributed by atoms with Gasteiger partial charge in [0.25, 0.3) is 0 Å². The summed E-state index contributed by atoms with van der Waals surface area (Å²) in [6, 6.07) is 3.83. The standard InChI is InChI=1S/C14H20FN/c1-4-7-16-14-10(3)8-11-12(15)6-5-9(2)13(11)14/h5-6,10,14,16H,4,7-8H2,1-3H3. The van der Waals surface area contributed by atoms with Crippen LogP contribution in [0.1, 0.15) is 43.0 Å². The molecular weight excluding hydrogens is 201 g/mol. The second-order valence-corrected chi connectivity index (χ2v) is 4.87. The first-order valence-electron chi connectivity index (χ1n) is 6.16. The monoisotopic (exact) mass is 221 g/mol. The van der Waals surface area contributed by atoms with Crippen LogP contribution >= 0.6 is 0 Å². The maximum absolute atomic E-state index is 13.7. The Balaban J connectivity index is 2.35. The summed E-state index contributed by atoms with van der Waals surface area (Å²) in [4.78, 5) is 0. The van der Waals surface area contributed by atoms with Crippen LogP contribution in [0.5, 0.6) is 0 Å². The van der Waals surface area contributed by atoms with Crippen LogP contribution in [-0.2, 0) is 6.42 Å². The number of hydrogen-bond donors (Lipinski definition) is 1. The Bertz CT molecular complexity index is 387. The third-order valence-corrected chi connectivity index (χ3v) is 3.54. The van der Waals surface area contributed by atoms with Gasteiger partial charge in [0.1, 0.15) is 5.82 Å². The van der Waals surface area contributed by atoms with Crippen LogP contribution in [0.2, 0.25) is 0 Å². The van der Waals surface area contributed by atoms with Crippen LogP contribution in [-0.4, -0.2) is 6.54 Å². The molecule has 1 aliphatic rings. The van der Waals surface area contributed by atoms with E-state index in [2.05, 4.69) is 26.1 Å². The number of fused-ring (bicyclic) bond motifs is 1. The van der Waals surface area contributed by atoms with E-state index < -0.39 is 0 Å². The molecule has 0 radical (unpaired) electrons. The smallest absolute Gasteiger partial charge is 0.126 e. The molecule has 88 valence electrons. The number of halogens is 1. The fourth-order valence-electron chi connectivity index (χ4n) is 2.72. The van der Waals surface area contributed by atoms with Crippen molar-refractivity contribution in [3.63, 3.8) is 0 Å². The molecule has 2 atom stereocenters. The Labute approximate surface area is 97.1 Å². The van der Waals surface area contributed by atoms with Crippen molar-refractivity contribution in [2.75, 3.05) is 6.54 Å². The average molecular weight is 221 g/mol. The summed E-state index contributed by atoms with van der Waals surface area (Å²) in [6.45, 7) is 7.44. The van der Waals surface area contributed by atoms with Gasteiger partial charge in [-0.1, -0.05) is 19.9 Å². The Morgan fingerprint density at radius 3 is 2.88 bits per heavy atom. The van der Waals surface area contributed by atoms with Crippen LogP contribution in [0, 0.1) is 18.7 Å². The predicted molar refractivity (Wildman–Crippen MR) is 65.0 cm³/mol. The molecule has 0 heterocycles. The molecule has 0 aromatic heterocycles. The zero-order valence-electron chi connectivity index (χ0n) is 10.3. The first kappa shape index (κ1) is 11.6. The van der Waals surface area contributed by atoms with Gasteiger partial charge in [0.2, 0.25) is 0 Å². The van der Waals surface area contributed by atoms with Gasteiger partial charge in [0.05, 0.1) is 0 Å². The predicted octanol–water partition coefficient (Wildman–Crippen LogP) is 3.37. The van der Waals surface area contributed by atoms with Gasteiger partial charge >= 0.3 is 0 Å². The van der Waals surface area contributed by atoms with E-state index in [1.165, 1.54) is 11.1 Å². The van der Waals surface area contributed by atoms with Gasteiger partial charge in [0, 0.05) is 6.04 Å². The van der Waals surface area contributed by atoms with E-state index in [0.29, 0.717) is 12.0 Å². The van der Waals surface area contributed by atoms with Crippen LogP contribution in [0.3, 0.4) is 0 Å². The molecule has 0 amide bonds. The minimum atomic E-state index is -0.0340. The SMILES string of the molecule is CCCNC1c2c(C)ccc(F)c2CC1C. The Morgan fingerprint density at radius 2 is 2.19 bits per heavy atom. The maximum atomic E-state index is 13.7. The van der Waals surface area contributed by atoms with Crippen LogP contribution < -0.4 is 5.32 Å². The largest absolute Gasteiger partial charge is 0.310 e. The van der Waals surface area contributed by atoms with Crippen LogP contribution in [0.4, 0.5) is 4.39 Å². The molecule has 1 N–H and O–H groups in total. The van der Waals surface area contributed by atoms with Crippen LogP contribution in [0.25, 0.3) is 0 Å². The van der Waals surface area contributed by atoms with Gasteiger partial charge in [-0.3, -0.25) is 0 Å². The minimum Gasteiger partial charge on any atom is -0.310 e. The van der Waals surface area contributed by atoms with Crippen molar-refractivity contribution in [1.82, 2.24) is 5.32 Å². The zero-order valence-corrected chi connectivity index (χ0v) is 10.3. The molecule has 0 saturated carbocycles. The molecule has 0 aliphatic heterocycles. The van der Waals surface area contributed by atoms with Gasteiger partial charge in [-0.15, -0.1) is 0 Å². The minimum absolute atomic E-state index is 0.0340. The molecular formula is C14H20FN. The molecule has 1 aromatic rings. The van der Waals surface area contributed by atoms with E-state index in [-0.39, 0.29) is 5.82 Å². The lowest BCUT2D eigenvalue weighted by atomic mass is 9.99. The van der Waals surface area contributed by atoms with E-state index >= 15 is 0 Å². The maximum Gasteiger partial charge on any atom is 0.126 e. The van der Waals surface area contributed by atoms with E-state index in [9.17, 15) is 4.39 Å². The highest BCUT2D eigenvalue weighted by Gasteiger charge is 2.32. The summed E-state index contributed by atoms with van der Waals surface area (Å²) < 4.78 is 13.7. The van der Waals surface area contributed by atoms with Gasteiger partial charge in [-0.25, -0.2) is 4.39 Å². The van der Waals surface area contributed by atoms with Gasteiger partial charge in [-0.2, -0.15) is 0 Å². The Hall–Kier alpha value is -0.890. The highest BCUT2D eigenvalue weighted by molar-refractivity contribution is 5.42. The Morgan fingerprint density at radius 1 is 1.44 bits per heavy atom. The second-order valence-electron chi connectivity index (χ2n) is 4.87. The van der Waals surface area contributed by atoms with Crippen molar-refractivity contribution in [3.05, 3.63) is 34.6 Å². The molecule has 1 nitrogen and oxygen atoms in total. The van der Waals surface area contributed by atoms with E-state index in [1.54, 1.807) is 6.07 Å². The van der Waals surface area contributed by atoms with Crippen molar-refractivity contribution in [2.45, 2.75) is 39.7 Å². The molecule has 16 heavy (non-hydrogen) atoms. The van der Waals surface area contributed by atoms with Gasteiger partial charge < -0.3 is 5.32 Å². The quantitative estimate of drug-likeness (QED) is 0.825. The lowest BCUT2D eigenvalue weighted by Crippen LogP contribution is -2.25. The lowest BCUT2D eigenvalue weighted by molar-refractivity contribution is 0.415. The van der Waals surface area contributed by atoms with Crippen molar-refractivity contribution in [2.24, 2.45) is 5.92 Å². The third-order valence-electron chi connectivity index (χ3n) is 3.54. The van der Waals surface area contributed by atoms with Crippen molar-refractivity contribution in [3.8, 4) is 0 Å². The third kappa shape index (κ3) is 1.86. The summed E-state index contributed by atoms with van der Waals surface area (Å²) in [7, 11) is 0. The fraction of sp³-hybridized carbons (Fsp3) is 0.571. The summed E-state index contributed by atoms with van der Waals surface area (Å²) in [5.41, 5.74) is 3.36. The molecule has 1 aliphatic carbocycles. The Kier molecular flexibility index (Phi) is 3.29. The highest BCUT2D eigenvalue weighted by Crippen LogP contribution is 2.39. The summed E-state index contributed by atoms with van der Waals surface area (Å²) >= 11 is 0. The number of aryl methyl sites for hydroxylation is 1. The number of rotatable bonds is 3. The highest BCUT2D eigenvalue weighted by atomic mass is 19.1. The van der Waals surface area contributed by atoms with E-state index in [4.69, 9.17) is 0 Å². The summed E-state index contributed by atoms with van der Waals surface area (Å²) in [6.07, 6.45) is 1.98. The van der Waals surface area contributed by atoms with Crippen molar-refractivity contribution in [1.29, 1.82) is 0 Å². The summed E-state index contributed by atoms with van der Waals surface area (Å²) in [5.74, 6) is 0.463. The molecule has 0 bridgehead atoms.